The fourth-order valence-electron chi connectivity index (χ4n) is 5.06. The van der Waals surface area contributed by atoms with Gasteiger partial charge in [-0.3, -0.25) is 9.59 Å². The molecule has 4 rings (SSSR count). The fourth-order valence-corrected chi connectivity index (χ4v) is 5.06. The molecule has 4 fully saturated rings. The van der Waals surface area contributed by atoms with E-state index in [1.54, 1.807) is 0 Å². The number of likely N-dealkylation sites (tertiary alicyclic amines) is 1. The maximum absolute atomic E-state index is 12.3. The van der Waals surface area contributed by atoms with Crippen molar-refractivity contribution < 1.29 is 14.3 Å². The van der Waals surface area contributed by atoms with Crippen molar-refractivity contribution in [3.05, 3.63) is 0 Å². The highest BCUT2D eigenvalue weighted by Gasteiger charge is 2.42. The molecule has 23 heavy (non-hydrogen) atoms. The van der Waals surface area contributed by atoms with Crippen molar-refractivity contribution in [3.63, 3.8) is 0 Å². The number of hydrogen-bond acceptors (Lipinski definition) is 3. The molecule has 1 aliphatic carbocycles. The number of carbonyl (C=O) groups excluding carboxylic acids is 2. The van der Waals surface area contributed by atoms with E-state index in [1.807, 2.05) is 4.90 Å². The lowest BCUT2D eigenvalue weighted by atomic mass is 9.86. The van der Waals surface area contributed by atoms with Crippen LogP contribution in [0.25, 0.3) is 0 Å². The molecule has 4 aliphatic rings. The van der Waals surface area contributed by atoms with E-state index < -0.39 is 0 Å². The third-order valence-corrected chi connectivity index (χ3v) is 6.22. The predicted molar refractivity (Wildman–Crippen MR) is 85.8 cm³/mol. The Morgan fingerprint density at radius 2 is 2.00 bits per heavy atom. The second-order valence-corrected chi connectivity index (χ2v) is 7.88. The van der Waals surface area contributed by atoms with Gasteiger partial charge in [0.2, 0.25) is 11.8 Å². The van der Waals surface area contributed by atoms with E-state index in [1.165, 1.54) is 19.3 Å². The maximum Gasteiger partial charge on any atom is 0.225 e. The summed E-state index contributed by atoms with van der Waals surface area (Å²) in [5.41, 5.74) is 0. The molecule has 3 heterocycles. The van der Waals surface area contributed by atoms with E-state index in [-0.39, 0.29) is 17.9 Å². The minimum atomic E-state index is 0.0106. The van der Waals surface area contributed by atoms with Crippen molar-refractivity contribution in [1.82, 2.24) is 10.2 Å². The highest BCUT2D eigenvalue weighted by molar-refractivity contribution is 5.82. The highest BCUT2D eigenvalue weighted by atomic mass is 16.5. The third-order valence-electron chi connectivity index (χ3n) is 6.22. The molecule has 0 spiro atoms. The molecule has 1 saturated carbocycles. The van der Waals surface area contributed by atoms with E-state index in [0.717, 1.165) is 32.1 Å². The van der Waals surface area contributed by atoms with Gasteiger partial charge in [-0.25, -0.2) is 0 Å². The first-order valence-corrected chi connectivity index (χ1v) is 9.43. The molecule has 5 nitrogen and oxygen atoms in total. The van der Waals surface area contributed by atoms with Crippen LogP contribution in [-0.4, -0.2) is 47.6 Å². The van der Waals surface area contributed by atoms with Gasteiger partial charge in [-0.05, 0) is 38.0 Å². The molecule has 0 aromatic heterocycles. The average Bonchev–Trinajstić information content (AvgIpc) is 3.24. The molecule has 2 amide bonds. The van der Waals surface area contributed by atoms with E-state index in [0.29, 0.717) is 43.6 Å². The summed E-state index contributed by atoms with van der Waals surface area (Å²) in [7, 11) is 0. The van der Waals surface area contributed by atoms with Crippen LogP contribution in [0.1, 0.15) is 64.2 Å². The van der Waals surface area contributed by atoms with Crippen LogP contribution in [0.5, 0.6) is 0 Å². The molecule has 4 atom stereocenters. The van der Waals surface area contributed by atoms with Crippen molar-refractivity contribution in [2.45, 2.75) is 88.5 Å². The molecule has 2 bridgehead atoms. The van der Waals surface area contributed by atoms with Gasteiger partial charge in [-0.15, -0.1) is 0 Å². The van der Waals surface area contributed by atoms with Gasteiger partial charge in [-0.1, -0.05) is 19.3 Å². The van der Waals surface area contributed by atoms with Crippen LogP contribution in [0.15, 0.2) is 0 Å². The molecule has 5 heteroatoms. The molecular weight excluding hydrogens is 292 g/mol. The Bertz CT molecular complexity index is 475. The molecule has 1 N–H and O–H groups in total. The number of rotatable bonds is 4. The molecule has 0 aromatic rings. The summed E-state index contributed by atoms with van der Waals surface area (Å²) in [6.07, 6.45) is 11.1. The lowest BCUT2D eigenvalue weighted by Crippen LogP contribution is -2.42. The first-order valence-electron chi connectivity index (χ1n) is 9.43. The summed E-state index contributed by atoms with van der Waals surface area (Å²) >= 11 is 0. The minimum absolute atomic E-state index is 0.0106. The van der Waals surface area contributed by atoms with Crippen LogP contribution < -0.4 is 5.32 Å². The molecular formula is C18H28N2O3. The van der Waals surface area contributed by atoms with Gasteiger partial charge >= 0.3 is 0 Å². The molecule has 3 saturated heterocycles. The number of ether oxygens (including phenoxy) is 1. The van der Waals surface area contributed by atoms with Gasteiger partial charge in [0.15, 0.2) is 0 Å². The van der Waals surface area contributed by atoms with E-state index >= 15 is 0 Å². The summed E-state index contributed by atoms with van der Waals surface area (Å²) in [6.45, 7) is 0.711. The monoisotopic (exact) mass is 320 g/mol. The second kappa shape index (κ2) is 6.42. The molecule has 4 unspecified atom stereocenters. The summed E-state index contributed by atoms with van der Waals surface area (Å²) in [5, 5.41) is 3.11. The smallest absolute Gasteiger partial charge is 0.225 e. The lowest BCUT2D eigenvalue weighted by Gasteiger charge is -2.31. The van der Waals surface area contributed by atoms with Gasteiger partial charge in [0.05, 0.1) is 18.2 Å². The van der Waals surface area contributed by atoms with Crippen LogP contribution in [0, 0.1) is 5.92 Å². The van der Waals surface area contributed by atoms with E-state index in [9.17, 15) is 9.59 Å². The number of nitrogens with zero attached hydrogens (tertiary/aromatic N) is 1. The van der Waals surface area contributed by atoms with E-state index in [4.69, 9.17) is 4.74 Å². The SMILES string of the molecule is O=C(CC1CC2CCC1O2)NC1CC(=O)N(C2CCCCC2)C1. The quantitative estimate of drug-likeness (QED) is 0.862. The average molecular weight is 320 g/mol. The summed E-state index contributed by atoms with van der Waals surface area (Å²) in [5.74, 6) is 0.722. The van der Waals surface area contributed by atoms with Crippen molar-refractivity contribution >= 4 is 11.8 Å². The van der Waals surface area contributed by atoms with Gasteiger partial charge < -0.3 is 15.0 Å². The Hall–Kier alpha value is -1.10. The number of amides is 2. The van der Waals surface area contributed by atoms with Crippen LogP contribution in [0.3, 0.4) is 0 Å². The Balaban J connectivity index is 1.26. The topological polar surface area (TPSA) is 58.6 Å². The van der Waals surface area contributed by atoms with Crippen molar-refractivity contribution in [2.75, 3.05) is 6.54 Å². The molecule has 0 aromatic carbocycles. The fraction of sp³-hybridized carbons (Fsp3) is 0.889. The zero-order chi connectivity index (χ0) is 15.8. The number of fused-ring (bicyclic) bond motifs is 2. The second-order valence-electron chi connectivity index (χ2n) is 7.88. The lowest BCUT2D eigenvalue weighted by molar-refractivity contribution is -0.130. The summed E-state index contributed by atoms with van der Waals surface area (Å²) in [4.78, 5) is 26.6. The van der Waals surface area contributed by atoms with Gasteiger partial charge in [0, 0.05) is 25.4 Å². The van der Waals surface area contributed by atoms with Gasteiger partial charge in [0.1, 0.15) is 0 Å². The zero-order valence-electron chi connectivity index (χ0n) is 13.8. The third kappa shape index (κ3) is 3.25. The molecule has 128 valence electrons. The van der Waals surface area contributed by atoms with E-state index in [2.05, 4.69) is 5.32 Å². The van der Waals surface area contributed by atoms with Gasteiger partial charge in [-0.2, -0.15) is 0 Å². The number of hydrogen-bond donors (Lipinski definition) is 1. The van der Waals surface area contributed by atoms with Crippen molar-refractivity contribution in [2.24, 2.45) is 5.92 Å². The normalized spacial score (nSPS) is 37.6. The Labute approximate surface area is 138 Å². The minimum Gasteiger partial charge on any atom is -0.375 e. The highest BCUT2D eigenvalue weighted by Crippen LogP contribution is 2.40. The van der Waals surface area contributed by atoms with Crippen molar-refractivity contribution in [1.29, 1.82) is 0 Å². The Morgan fingerprint density at radius 1 is 1.17 bits per heavy atom. The van der Waals surface area contributed by atoms with Crippen LogP contribution in [0.2, 0.25) is 0 Å². The molecule has 0 radical (unpaired) electrons. The first-order chi connectivity index (χ1) is 11.2. The van der Waals surface area contributed by atoms with Gasteiger partial charge in [0.25, 0.3) is 0 Å². The van der Waals surface area contributed by atoms with Crippen LogP contribution in [0.4, 0.5) is 0 Å². The summed E-state index contributed by atoms with van der Waals surface area (Å²) < 4.78 is 5.83. The zero-order valence-corrected chi connectivity index (χ0v) is 13.8. The largest absolute Gasteiger partial charge is 0.375 e. The molecule has 3 aliphatic heterocycles. The van der Waals surface area contributed by atoms with Crippen molar-refractivity contribution in [3.8, 4) is 0 Å². The standard InChI is InChI=1S/C18H28N2O3/c21-17(9-12-8-15-6-7-16(12)23-15)19-13-10-18(22)20(11-13)14-4-2-1-3-5-14/h12-16H,1-11H2,(H,19,21). The van der Waals surface area contributed by atoms with Crippen LogP contribution in [-0.2, 0) is 14.3 Å². The summed E-state index contributed by atoms with van der Waals surface area (Å²) in [6, 6.07) is 0.425. The Morgan fingerprint density at radius 3 is 2.70 bits per heavy atom. The number of carbonyl (C=O) groups is 2. The first kappa shape index (κ1) is 15.4. The Kier molecular flexibility index (Phi) is 4.31. The van der Waals surface area contributed by atoms with Crippen LogP contribution >= 0.6 is 0 Å². The number of nitrogens with one attached hydrogen (secondary N) is 1. The predicted octanol–water partition coefficient (Wildman–Crippen LogP) is 1.99. The maximum atomic E-state index is 12.3.